The topological polar surface area (TPSA) is 47.3 Å². The summed E-state index contributed by atoms with van der Waals surface area (Å²) in [6.07, 6.45) is 0.662. The van der Waals surface area contributed by atoms with Gasteiger partial charge in [-0.25, -0.2) is 4.39 Å². The average Bonchev–Trinajstić information content (AvgIpc) is 2.49. The number of hydrogen-bond donors (Lipinski definition) is 2. The summed E-state index contributed by atoms with van der Waals surface area (Å²) in [7, 11) is 1.66. The van der Waals surface area contributed by atoms with Gasteiger partial charge in [0.25, 0.3) is 0 Å². The predicted molar refractivity (Wildman–Crippen MR) is 82.6 cm³/mol. The van der Waals surface area contributed by atoms with E-state index in [1.54, 1.807) is 19.2 Å². The van der Waals surface area contributed by atoms with E-state index in [1.807, 2.05) is 19.9 Å². The number of aryl methyl sites for hydroxylation is 1. The van der Waals surface area contributed by atoms with Crippen molar-refractivity contribution in [1.82, 2.24) is 5.43 Å². The van der Waals surface area contributed by atoms with Crippen LogP contribution in [0.25, 0.3) is 0 Å². The summed E-state index contributed by atoms with van der Waals surface area (Å²) in [5, 5.41) is 0. The normalized spacial score (nSPS) is 12.2. The molecule has 0 saturated carbocycles. The van der Waals surface area contributed by atoms with Crippen molar-refractivity contribution in [1.29, 1.82) is 0 Å². The number of benzene rings is 2. The number of ether oxygens (including phenoxy) is 1. The second-order valence-corrected chi connectivity index (χ2v) is 5.18. The summed E-state index contributed by atoms with van der Waals surface area (Å²) in [6.45, 7) is 4.08. The second-order valence-electron chi connectivity index (χ2n) is 5.18. The molecule has 0 aliphatic carbocycles. The fourth-order valence-electron chi connectivity index (χ4n) is 2.47. The van der Waals surface area contributed by atoms with E-state index in [4.69, 9.17) is 10.6 Å². The van der Waals surface area contributed by atoms with Gasteiger partial charge in [-0.15, -0.1) is 0 Å². The van der Waals surface area contributed by atoms with E-state index < -0.39 is 0 Å². The smallest absolute Gasteiger partial charge is 0.126 e. The van der Waals surface area contributed by atoms with Crippen LogP contribution in [0.2, 0.25) is 0 Å². The van der Waals surface area contributed by atoms with Crippen LogP contribution >= 0.6 is 0 Å². The Morgan fingerprint density at radius 1 is 1.14 bits per heavy atom. The summed E-state index contributed by atoms with van der Waals surface area (Å²) in [5.41, 5.74) is 7.13. The first-order valence-corrected chi connectivity index (χ1v) is 6.91. The van der Waals surface area contributed by atoms with Gasteiger partial charge in [-0.2, -0.15) is 0 Å². The van der Waals surface area contributed by atoms with Crippen LogP contribution in [0.15, 0.2) is 36.4 Å². The molecule has 1 unspecified atom stereocenters. The largest absolute Gasteiger partial charge is 0.496 e. The summed E-state index contributed by atoms with van der Waals surface area (Å²) >= 11 is 0. The van der Waals surface area contributed by atoms with Crippen molar-refractivity contribution in [2.45, 2.75) is 26.3 Å². The number of rotatable bonds is 5. The first-order chi connectivity index (χ1) is 10.1. The fourth-order valence-corrected chi connectivity index (χ4v) is 2.47. The number of halogens is 1. The lowest BCUT2D eigenvalue weighted by Gasteiger charge is -2.21. The van der Waals surface area contributed by atoms with E-state index in [-0.39, 0.29) is 11.9 Å². The third-order valence-corrected chi connectivity index (χ3v) is 3.84. The molecule has 0 amide bonds. The molecule has 4 heteroatoms. The fraction of sp³-hybridized carbons (Fsp3) is 0.294. The zero-order valence-corrected chi connectivity index (χ0v) is 12.6. The third kappa shape index (κ3) is 3.40. The summed E-state index contributed by atoms with van der Waals surface area (Å²) < 4.78 is 18.5. The van der Waals surface area contributed by atoms with Crippen LogP contribution in [0.1, 0.15) is 28.3 Å². The van der Waals surface area contributed by atoms with Gasteiger partial charge in [-0.05, 0) is 49.1 Å². The maximum atomic E-state index is 13.0. The number of methoxy groups -OCH3 is 1. The molecule has 112 valence electrons. The Bertz CT molecular complexity index is 611. The number of hydrogen-bond acceptors (Lipinski definition) is 3. The van der Waals surface area contributed by atoms with E-state index in [0.29, 0.717) is 6.42 Å². The third-order valence-electron chi connectivity index (χ3n) is 3.84. The minimum atomic E-state index is -0.236. The van der Waals surface area contributed by atoms with E-state index >= 15 is 0 Å². The molecule has 0 saturated heterocycles. The molecule has 2 aromatic rings. The number of hydrazine groups is 1. The zero-order chi connectivity index (χ0) is 15.4. The van der Waals surface area contributed by atoms with Crippen molar-refractivity contribution in [2.24, 2.45) is 5.84 Å². The Kier molecular flexibility index (Phi) is 4.94. The van der Waals surface area contributed by atoms with Crippen LogP contribution in [-0.4, -0.2) is 7.11 Å². The van der Waals surface area contributed by atoms with Gasteiger partial charge >= 0.3 is 0 Å². The maximum Gasteiger partial charge on any atom is 0.126 e. The molecule has 0 aromatic heterocycles. The van der Waals surface area contributed by atoms with Crippen LogP contribution in [0.5, 0.6) is 5.75 Å². The predicted octanol–water partition coefficient (Wildman–Crippen LogP) is 3.20. The van der Waals surface area contributed by atoms with Crippen molar-refractivity contribution in [3.05, 3.63) is 64.5 Å². The minimum absolute atomic E-state index is 0.0929. The van der Waals surface area contributed by atoms with Crippen molar-refractivity contribution in [2.75, 3.05) is 7.11 Å². The zero-order valence-electron chi connectivity index (χ0n) is 12.6. The first-order valence-electron chi connectivity index (χ1n) is 6.91. The number of nitrogens with one attached hydrogen (secondary N) is 1. The maximum absolute atomic E-state index is 13.0. The lowest BCUT2D eigenvalue weighted by atomic mass is 9.95. The van der Waals surface area contributed by atoms with E-state index in [2.05, 4.69) is 11.5 Å². The van der Waals surface area contributed by atoms with Crippen LogP contribution in [-0.2, 0) is 6.42 Å². The van der Waals surface area contributed by atoms with Crippen LogP contribution < -0.4 is 16.0 Å². The molecule has 0 heterocycles. The van der Waals surface area contributed by atoms with Crippen molar-refractivity contribution in [3.63, 3.8) is 0 Å². The monoisotopic (exact) mass is 288 g/mol. The molecule has 1 atom stereocenters. The molecular weight excluding hydrogens is 267 g/mol. The van der Waals surface area contributed by atoms with Gasteiger partial charge in [0.15, 0.2) is 0 Å². The second kappa shape index (κ2) is 6.70. The standard InChI is InChI=1S/C17H21FN2O/c1-11-4-9-15(17(21-3)12(11)2)16(20-19)10-13-5-7-14(18)8-6-13/h4-9,16,20H,10,19H2,1-3H3. The lowest BCUT2D eigenvalue weighted by molar-refractivity contribution is 0.395. The molecule has 0 bridgehead atoms. The molecule has 0 fully saturated rings. The SMILES string of the molecule is COc1c(C(Cc2ccc(F)cc2)NN)ccc(C)c1C. The molecule has 2 rings (SSSR count). The molecule has 3 N–H and O–H groups in total. The van der Waals surface area contributed by atoms with Gasteiger partial charge in [0.2, 0.25) is 0 Å². The van der Waals surface area contributed by atoms with Gasteiger partial charge in [0.05, 0.1) is 13.2 Å². The summed E-state index contributed by atoms with van der Waals surface area (Å²) in [4.78, 5) is 0. The lowest BCUT2D eigenvalue weighted by Crippen LogP contribution is -2.30. The van der Waals surface area contributed by atoms with Gasteiger partial charge in [0, 0.05) is 5.56 Å². The highest BCUT2D eigenvalue weighted by molar-refractivity contribution is 5.47. The quantitative estimate of drug-likeness (QED) is 0.656. The van der Waals surface area contributed by atoms with Gasteiger partial charge in [0.1, 0.15) is 11.6 Å². The Balaban J connectivity index is 2.33. The number of nitrogens with two attached hydrogens (primary N) is 1. The highest BCUT2D eigenvalue weighted by Crippen LogP contribution is 2.32. The van der Waals surface area contributed by atoms with Crippen molar-refractivity contribution >= 4 is 0 Å². The van der Waals surface area contributed by atoms with Crippen LogP contribution in [0, 0.1) is 19.7 Å². The summed E-state index contributed by atoms with van der Waals surface area (Å²) in [5.74, 6) is 6.33. The van der Waals surface area contributed by atoms with Gasteiger partial charge in [-0.1, -0.05) is 24.3 Å². The highest BCUT2D eigenvalue weighted by Gasteiger charge is 2.18. The Morgan fingerprint density at radius 3 is 2.38 bits per heavy atom. The van der Waals surface area contributed by atoms with Gasteiger partial charge < -0.3 is 4.74 Å². The van der Waals surface area contributed by atoms with E-state index in [9.17, 15) is 4.39 Å². The van der Waals surface area contributed by atoms with E-state index in [1.165, 1.54) is 17.7 Å². The molecule has 0 aliphatic rings. The minimum Gasteiger partial charge on any atom is -0.496 e. The van der Waals surface area contributed by atoms with Crippen LogP contribution in [0.4, 0.5) is 4.39 Å². The molecule has 2 aromatic carbocycles. The highest BCUT2D eigenvalue weighted by atomic mass is 19.1. The van der Waals surface area contributed by atoms with Crippen molar-refractivity contribution in [3.8, 4) is 5.75 Å². The Labute approximate surface area is 124 Å². The molecular formula is C17H21FN2O. The Morgan fingerprint density at radius 2 is 1.81 bits per heavy atom. The molecule has 0 aliphatic heterocycles. The van der Waals surface area contributed by atoms with Crippen LogP contribution in [0.3, 0.4) is 0 Å². The van der Waals surface area contributed by atoms with Crippen molar-refractivity contribution < 1.29 is 9.13 Å². The Hall–Kier alpha value is -1.91. The molecule has 21 heavy (non-hydrogen) atoms. The molecule has 0 spiro atoms. The first kappa shape index (κ1) is 15.5. The molecule has 0 radical (unpaired) electrons. The van der Waals surface area contributed by atoms with Gasteiger partial charge in [-0.3, -0.25) is 11.3 Å². The average molecular weight is 288 g/mol. The summed E-state index contributed by atoms with van der Waals surface area (Å²) in [6, 6.07) is 10.4. The molecule has 3 nitrogen and oxygen atoms in total. The van der Waals surface area contributed by atoms with E-state index in [0.717, 1.165) is 22.4 Å².